The molecule has 0 amide bonds. The monoisotopic (exact) mass is 282 g/mol. The smallest absolute Gasteiger partial charge is 0.122 e. The van der Waals surface area contributed by atoms with Gasteiger partial charge in [0, 0.05) is 19.3 Å². The maximum Gasteiger partial charge on any atom is 0.122 e. The van der Waals surface area contributed by atoms with Crippen molar-refractivity contribution in [3.63, 3.8) is 0 Å². The molecule has 1 N–H and O–H groups in total. The molecular formula is C16H18N4O. The van der Waals surface area contributed by atoms with Crippen molar-refractivity contribution < 1.29 is 4.74 Å². The Kier molecular flexibility index (Phi) is 3.48. The summed E-state index contributed by atoms with van der Waals surface area (Å²) >= 11 is 0. The van der Waals surface area contributed by atoms with E-state index in [9.17, 15) is 0 Å². The SMILES string of the molecule is COc1cc(CNc2ccc3c(c2)nnn3C)ccc1C. The highest BCUT2D eigenvalue weighted by molar-refractivity contribution is 5.78. The Labute approximate surface area is 123 Å². The van der Waals surface area contributed by atoms with Crippen molar-refractivity contribution in [3.05, 3.63) is 47.5 Å². The third kappa shape index (κ3) is 2.67. The lowest BCUT2D eigenvalue weighted by Gasteiger charge is -2.10. The molecule has 1 heterocycles. The first-order valence-electron chi connectivity index (χ1n) is 6.84. The lowest BCUT2D eigenvalue weighted by atomic mass is 10.1. The van der Waals surface area contributed by atoms with E-state index in [-0.39, 0.29) is 0 Å². The molecule has 5 heteroatoms. The highest BCUT2D eigenvalue weighted by atomic mass is 16.5. The molecule has 0 aliphatic heterocycles. The number of ether oxygens (including phenoxy) is 1. The van der Waals surface area contributed by atoms with Crippen molar-refractivity contribution in [1.82, 2.24) is 15.0 Å². The minimum atomic E-state index is 0.739. The number of nitrogens with one attached hydrogen (secondary N) is 1. The van der Waals surface area contributed by atoms with Gasteiger partial charge in [0.05, 0.1) is 12.6 Å². The number of anilines is 1. The Bertz CT molecular complexity index is 779. The molecule has 0 saturated carbocycles. The first-order valence-corrected chi connectivity index (χ1v) is 6.84. The van der Waals surface area contributed by atoms with E-state index >= 15 is 0 Å². The van der Waals surface area contributed by atoms with Gasteiger partial charge in [-0.3, -0.25) is 0 Å². The van der Waals surface area contributed by atoms with Crippen LogP contribution in [0.3, 0.4) is 0 Å². The van der Waals surface area contributed by atoms with E-state index < -0.39 is 0 Å². The van der Waals surface area contributed by atoms with E-state index in [1.807, 2.05) is 32.2 Å². The van der Waals surface area contributed by atoms with Gasteiger partial charge >= 0.3 is 0 Å². The van der Waals surface area contributed by atoms with Crippen molar-refractivity contribution in [2.75, 3.05) is 12.4 Å². The van der Waals surface area contributed by atoms with Crippen LogP contribution >= 0.6 is 0 Å². The fraction of sp³-hybridized carbons (Fsp3) is 0.250. The van der Waals surface area contributed by atoms with E-state index in [1.54, 1.807) is 11.8 Å². The summed E-state index contributed by atoms with van der Waals surface area (Å²) in [6, 6.07) is 12.3. The van der Waals surface area contributed by atoms with Crippen LogP contribution in [-0.2, 0) is 13.6 Å². The minimum Gasteiger partial charge on any atom is -0.496 e. The summed E-state index contributed by atoms with van der Waals surface area (Å²) in [6.07, 6.45) is 0. The molecule has 0 radical (unpaired) electrons. The standard InChI is InChI=1S/C16H18N4O/c1-11-4-5-12(8-16(11)21-3)10-17-13-6-7-15-14(9-13)18-19-20(15)2/h4-9,17H,10H2,1-3H3. The van der Waals surface area contributed by atoms with E-state index in [0.29, 0.717) is 0 Å². The molecule has 5 nitrogen and oxygen atoms in total. The van der Waals surface area contributed by atoms with Crippen LogP contribution in [-0.4, -0.2) is 22.1 Å². The van der Waals surface area contributed by atoms with E-state index in [4.69, 9.17) is 4.74 Å². The molecule has 0 fully saturated rings. The van der Waals surface area contributed by atoms with Crippen LogP contribution < -0.4 is 10.1 Å². The Balaban J connectivity index is 1.76. The number of benzene rings is 2. The molecule has 0 spiro atoms. The molecule has 2 aromatic carbocycles. The lowest BCUT2D eigenvalue weighted by molar-refractivity contribution is 0.411. The van der Waals surface area contributed by atoms with E-state index in [0.717, 1.165) is 34.6 Å². The fourth-order valence-electron chi connectivity index (χ4n) is 2.33. The van der Waals surface area contributed by atoms with Gasteiger partial charge in [0.25, 0.3) is 0 Å². The number of aromatic nitrogens is 3. The number of methoxy groups -OCH3 is 1. The molecule has 0 saturated heterocycles. The van der Waals surface area contributed by atoms with Crippen LogP contribution in [0.1, 0.15) is 11.1 Å². The third-order valence-electron chi connectivity index (χ3n) is 3.58. The normalized spacial score (nSPS) is 10.8. The predicted octanol–water partition coefficient (Wildman–Crippen LogP) is 2.90. The third-order valence-corrected chi connectivity index (χ3v) is 3.58. The molecule has 0 atom stereocenters. The van der Waals surface area contributed by atoms with Crippen molar-refractivity contribution in [2.24, 2.45) is 7.05 Å². The van der Waals surface area contributed by atoms with Crippen LogP contribution in [0.4, 0.5) is 5.69 Å². The van der Waals surface area contributed by atoms with Crippen LogP contribution in [0, 0.1) is 6.92 Å². The van der Waals surface area contributed by atoms with Gasteiger partial charge in [0.2, 0.25) is 0 Å². The van der Waals surface area contributed by atoms with Gasteiger partial charge in [0.15, 0.2) is 0 Å². The lowest BCUT2D eigenvalue weighted by Crippen LogP contribution is -2.00. The van der Waals surface area contributed by atoms with Gasteiger partial charge < -0.3 is 10.1 Å². The summed E-state index contributed by atoms with van der Waals surface area (Å²) in [4.78, 5) is 0. The minimum absolute atomic E-state index is 0.739. The highest BCUT2D eigenvalue weighted by Gasteiger charge is 2.03. The maximum absolute atomic E-state index is 5.35. The Hall–Kier alpha value is -2.56. The molecule has 0 unspecified atom stereocenters. The van der Waals surface area contributed by atoms with Gasteiger partial charge in [-0.1, -0.05) is 17.3 Å². The molecular weight excluding hydrogens is 264 g/mol. The Morgan fingerprint density at radius 3 is 2.86 bits per heavy atom. The number of fused-ring (bicyclic) bond motifs is 1. The summed E-state index contributed by atoms with van der Waals surface area (Å²) in [5.41, 5.74) is 5.27. The second-order valence-electron chi connectivity index (χ2n) is 5.07. The van der Waals surface area contributed by atoms with Crippen molar-refractivity contribution in [2.45, 2.75) is 13.5 Å². The van der Waals surface area contributed by atoms with E-state index in [2.05, 4.69) is 33.8 Å². The van der Waals surface area contributed by atoms with Crippen LogP contribution in [0.25, 0.3) is 11.0 Å². The number of aryl methyl sites for hydroxylation is 2. The second kappa shape index (κ2) is 5.44. The molecule has 0 bridgehead atoms. The number of hydrogen-bond acceptors (Lipinski definition) is 4. The topological polar surface area (TPSA) is 52.0 Å². The molecule has 3 rings (SSSR count). The number of nitrogens with zero attached hydrogens (tertiary/aromatic N) is 3. The van der Waals surface area contributed by atoms with Gasteiger partial charge in [-0.05, 0) is 42.3 Å². The summed E-state index contributed by atoms with van der Waals surface area (Å²) < 4.78 is 7.12. The summed E-state index contributed by atoms with van der Waals surface area (Å²) in [7, 11) is 3.59. The molecule has 0 aliphatic rings. The quantitative estimate of drug-likeness (QED) is 0.799. The van der Waals surface area contributed by atoms with E-state index in [1.165, 1.54) is 5.56 Å². The Morgan fingerprint density at radius 1 is 1.19 bits per heavy atom. The molecule has 21 heavy (non-hydrogen) atoms. The predicted molar refractivity (Wildman–Crippen MR) is 83.6 cm³/mol. The first-order chi connectivity index (χ1) is 10.2. The molecule has 0 aliphatic carbocycles. The van der Waals surface area contributed by atoms with Crippen molar-refractivity contribution in [1.29, 1.82) is 0 Å². The molecule has 3 aromatic rings. The zero-order valence-electron chi connectivity index (χ0n) is 12.4. The van der Waals surface area contributed by atoms with Gasteiger partial charge in [-0.15, -0.1) is 5.10 Å². The van der Waals surface area contributed by atoms with Gasteiger partial charge in [0.1, 0.15) is 11.3 Å². The summed E-state index contributed by atoms with van der Waals surface area (Å²) in [5, 5.41) is 11.5. The molecule has 1 aromatic heterocycles. The zero-order chi connectivity index (χ0) is 14.8. The van der Waals surface area contributed by atoms with Crippen molar-refractivity contribution in [3.8, 4) is 5.75 Å². The first kappa shape index (κ1) is 13.4. The van der Waals surface area contributed by atoms with Crippen LogP contribution in [0.15, 0.2) is 36.4 Å². The Morgan fingerprint density at radius 2 is 2.05 bits per heavy atom. The van der Waals surface area contributed by atoms with Crippen molar-refractivity contribution >= 4 is 16.7 Å². The zero-order valence-corrected chi connectivity index (χ0v) is 12.4. The number of rotatable bonds is 4. The maximum atomic E-state index is 5.35. The largest absolute Gasteiger partial charge is 0.496 e. The van der Waals surface area contributed by atoms with Crippen LogP contribution in [0.2, 0.25) is 0 Å². The average molecular weight is 282 g/mol. The number of hydrogen-bond donors (Lipinski definition) is 1. The van der Waals surface area contributed by atoms with Crippen LogP contribution in [0.5, 0.6) is 5.75 Å². The average Bonchev–Trinajstić information content (AvgIpc) is 2.87. The fourth-order valence-corrected chi connectivity index (χ4v) is 2.33. The highest BCUT2D eigenvalue weighted by Crippen LogP contribution is 2.21. The second-order valence-corrected chi connectivity index (χ2v) is 5.07. The summed E-state index contributed by atoms with van der Waals surface area (Å²) in [6.45, 7) is 2.78. The van der Waals surface area contributed by atoms with Gasteiger partial charge in [-0.2, -0.15) is 0 Å². The molecule has 108 valence electrons. The van der Waals surface area contributed by atoms with Gasteiger partial charge in [-0.25, -0.2) is 4.68 Å². The summed E-state index contributed by atoms with van der Waals surface area (Å²) in [5.74, 6) is 0.915.